The summed E-state index contributed by atoms with van der Waals surface area (Å²) in [4.78, 5) is 0. The molecule has 0 bridgehead atoms. The summed E-state index contributed by atoms with van der Waals surface area (Å²) in [6, 6.07) is 0. The monoisotopic (exact) mass is 194 g/mol. The van der Waals surface area contributed by atoms with Crippen LogP contribution in [-0.4, -0.2) is 10.7 Å². The van der Waals surface area contributed by atoms with E-state index in [2.05, 4.69) is 6.08 Å². The second-order valence-corrected chi connectivity index (χ2v) is 5.09. The predicted octanol–water partition coefficient (Wildman–Crippen LogP) is 3.43. The average molecular weight is 194 g/mol. The summed E-state index contributed by atoms with van der Waals surface area (Å²) in [6.07, 6.45) is 15.4. The molecule has 0 aromatic carbocycles. The first kappa shape index (κ1) is 10.2. The molecule has 0 spiro atoms. The van der Waals surface area contributed by atoms with Crippen LogP contribution in [0, 0.1) is 5.92 Å². The molecular weight excluding hydrogens is 172 g/mol. The zero-order valence-corrected chi connectivity index (χ0v) is 9.04. The van der Waals surface area contributed by atoms with Gasteiger partial charge in [0.1, 0.15) is 0 Å². The molecule has 80 valence electrons. The van der Waals surface area contributed by atoms with Crippen molar-refractivity contribution in [2.45, 2.75) is 63.4 Å². The molecule has 2 rings (SSSR count). The summed E-state index contributed by atoms with van der Waals surface area (Å²) in [5.74, 6) is 0.911. The Labute approximate surface area is 87.2 Å². The summed E-state index contributed by atoms with van der Waals surface area (Å²) in [7, 11) is 0. The second-order valence-electron chi connectivity index (χ2n) is 5.09. The Balaban J connectivity index is 1.77. The topological polar surface area (TPSA) is 20.2 Å². The van der Waals surface area contributed by atoms with Crippen molar-refractivity contribution >= 4 is 0 Å². The molecule has 2 aliphatic carbocycles. The van der Waals surface area contributed by atoms with Crippen molar-refractivity contribution in [3.8, 4) is 0 Å². The molecule has 0 amide bonds. The SMILES string of the molecule is OC1(CCC2CCCC2)C=CCCC1. The predicted molar refractivity (Wildman–Crippen MR) is 59.1 cm³/mol. The van der Waals surface area contributed by atoms with Crippen LogP contribution >= 0.6 is 0 Å². The number of hydrogen-bond donors (Lipinski definition) is 1. The highest BCUT2D eigenvalue weighted by atomic mass is 16.3. The van der Waals surface area contributed by atoms with Crippen molar-refractivity contribution in [1.82, 2.24) is 0 Å². The van der Waals surface area contributed by atoms with E-state index in [0.717, 1.165) is 31.6 Å². The minimum absolute atomic E-state index is 0.444. The van der Waals surface area contributed by atoms with E-state index in [1.165, 1.54) is 32.1 Å². The van der Waals surface area contributed by atoms with Gasteiger partial charge in [-0.3, -0.25) is 0 Å². The van der Waals surface area contributed by atoms with E-state index in [9.17, 15) is 5.11 Å². The maximum Gasteiger partial charge on any atom is 0.0827 e. The summed E-state index contributed by atoms with van der Waals surface area (Å²) in [6.45, 7) is 0. The van der Waals surface area contributed by atoms with Gasteiger partial charge >= 0.3 is 0 Å². The molecule has 1 N–H and O–H groups in total. The lowest BCUT2D eigenvalue weighted by Crippen LogP contribution is -2.28. The Bertz CT molecular complexity index is 203. The third kappa shape index (κ3) is 2.60. The second kappa shape index (κ2) is 4.48. The lowest BCUT2D eigenvalue weighted by Gasteiger charge is -2.28. The highest BCUT2D eigenvalue weighted by Gasteiger charge is 2.26. The highest BCUT2D eigenvalue weighted by molar-refractivity contribution is 5.04. The van der Waals surface area contributed by atoms with Crippen molar-refractivity contribution in [2.24, 2.45) is 5.92 Å². The summed E-state index contributed by atoms with van der Waals surface area (Å²) in [5.41, 5.74) is -0.444. The van der Waals surface area contributed by atoms with Crippen LogP contribution in [0.1, 0.15) is 57.8 Å². The maximum atomic E-state index is 10.2. The first-order valence-electron chi connectivity index (χ1n) is 6.19. The molecule has 1 atom stereocenters. The molecule has 0 aromatic rings. The van der Waals surface area contributed by atoms with Gasteiger partial charge in [-0.2, -0.15) is 0 Å². The summed E-state index contributed by atoms with van der Waals surface area (Å²) in [5, 5.41) is 10.2. The number of rotatable bonds is 3. The third-order valence-electron chi connectivity index (χ3n) is 3.87. The van der Waals surface area contributed by atoms with Gasteiger partial charge < -0.3 is 5.11 Å². The number of hydrogen-bond acceptors (Lipinski definition) is 1. The van der Waals surface area contributed by atoms with Crippen LogP contribution in [0.2, 0.25) is 0 Å². The zero-order chi connectivity index (χ0) is 9.86. The van der Waals surface area contributed by atoms with Crippen LogP contribution in [-0.2, 0) is 0 Å². The van der Waals surface area contributed by atoms with E-state index in [4.69, 9.17) is 0 Å². The van der Waals surface area contributed by atoms with Crippen LogP contribution < -0.4 is 0 Å². The smallest absolute Gasteiger partial charge is 0.0827 e. The molecule has 1 saturated carbocycles. The molecule has 14 heavy (non-hydrogen) atoms. The van der Waals surface area contributed by atoms with E-state index in [0.29, 0.717) is 0 Å². The van der Waals surface area contributed by atoms with Gasteiger partial charge in [0.25, 0.3) is 0 Å². The minimum Gasteiger partial charge on any atom is -0.386 e. The van der Waals surface area contributed by atoms with Crippen LogP contribution in [0.3, 0.4) is 0 Å². The third-order valence-corrected chi connectivity index (χ3v) is 3.87. The first-order valence-corrected chi connectivity index (χ1v) is 6.19. The van der Waals surface area contributed by atoms with Crippen molar-refractivity contribution in [2.75, 3.05) is 0 Å². The fourth-order valence-electron chi connectivity index (χ4n) is 2.87. The molecule has 0 saturated heterocycles. The minimum atomic E-state index is -0.444. The van der Waals surface area contributed by atoms with Crippen LogP contribution in [0.25, 0.3) is 0 Å². The molecule has 2 aliphatic rings. The van der Waals surface area contributed by atoms with E-state index < -0.39 is 5.60 Å². The van der Waals surface area contributed by atoms with Gasteiger partial charge in [0, 0.05) is 0 Å². The average Bonchev–Trinajstić information content (AvgIpc) is 2.69. The number of allylic oxidation sites excluding steroid dienone is 1. The first-order chi connectivity index (χ1) is 6.79. The molecule has 0 heterocycles. The Hall–Kier alpha value is -0.300. The molecule has 1 fully saturated rings. The van der Waals surface area contributed by atoms with Gasteiger partial charge in [-0.25, -0.2) is 0 Å². The quantitative estimate of drug-likeness (QED) is 0.682. The fourth-order valence-corrected chi connectivity index (χ4v) is 2.87. The largest absolute Gasteiger partial charge is 0.386 e. The van der Waals surface area contributed by atoms with Crippen molar-refractivity contribution in [1.29, 1.82) is 0 Å². The molecule has 1 heteroatoms. The molecule has 1 unspecified atom stereocenters. The Morgan fingerprint density at radius 2 is 2.00 bits per heavy atom. The van der Waals surface area contributed by atoms with E-state index >= 15 is 0 Å². The Morgan fingerprint density at radius 3 is 2.64 bits per heavy atom. The van der Waals surface area contributed by atoms with E-state index in [1.54, 1.807) is 0 Å². The normalized spacial score (nSPS) is 33.8. The Kier molecular flexibility index (Phi) is 3.27. The van der Waals surface area contributed by atoms with E-state index in [-0.39, 0.29) is 0 Å². The highest BCUT2D eigenvalue weighted by Crippen LogP contribution is 2.33. The van der Waals surface area contributed by atoms with Crippen molar-refractivity contribution in [3.05, 3.63) is 12.2 Å². The summed E-state index contributed by atoms with van der Waals surface area (Å²) < 4.78 is 0. The molecular formula is C13H22O. The zero-order valence-electron chi connectivity index (χ0n) is 9.04. The standard InChI is InChI=1S/C13H22O/c14-13(9-4-1-5-10-13)11-8-12-6-2-3-7-12/h4,9,12,14H,1-3,5-8,10-11H2. The van der Waals surface area contributed by atoms with Crippen LogP contribution in [0.4, 0.5) is 0 Å². The Morgan fingerprint density at radius 1 is 1.21 bits per heavy atom. The lowest BCUT2D eigenvalue weighted by atomic mass is 9.84. The van der Waals surface area contributed by atoms with Crippen molar-refractivity contribution < 1.29 is 5.11 Å². The molecule has 0 aliphatic heterocycles. The van der Waals surface area contributed by atoms with E-state index in [1.807, 2.05) is 6.08 Å². The summed E-state index contributed by atoms with van der Waals surface area (Å²) >= 11 is 0. The van der Waals surface area contributed by atoms with Gasteiger partial charge in [-0.05, 0) is 38.0 Å². The van der Waals surface area contributed by atoms with Gasteiger partial charge in [0.15, 0.2) is 0 Å². The molecule has 0 radical (unpaired) electrons. The van der Waals surface area contributed by atoms with Crippen molar-refractivity contribution in [3.63, 3.8) is 0 Å². The van der Waals surface area contributed by atoms with Gasteiger partial charge in [0.2, 0.25) is 0 Å². The lowest BCUT2D eigenvalue weighted by molar-refractivity contribution is 0.0588. The van der Waals surface area contributed by atoms with Gasteiger partial charge in [-0.15, -0.1) is 0 Å². The van der Waals surface area contributed by atoms with Gasteiger partial charge in [-0.1, -0.05) is 37.8 Å². The molecule has 1 nitrogen and oxygen atoms in total. The molecule has 0 aromatic heterocycles. The number of aliphatic hydroxyl groups is 1. The fraction of sp³-hybridized carbons (Fsp3) is 0.846. The van der Waals surface area contributed by atoms with Crippen LogP contribution in [0.5, 0.6) is 0 Å². The van der Waals surface area contributed by atoms with Gasteiger partial charge in [0.05, 0.1) is 5.60 Å². The van der Waals surface area contributed by atoms with Crippen LogP contribution in [0.15, 0.2) is 12.2 Å². The maximum absolute atomic E-state index is 10.2.